The highest BCUT2D eigenvalue weighted by atomic mass is 16.5. The highest BCUT2D eigenvalue weighted by molar-refractivity contribution is 6.04. The van der Waals surface area contributed by atoms with E-state index in [-0.39, 0.29) is 23.9 Å². The first-order valence-corrected chi connectivity index (χ1v) is 7.62. The maximum Gasteiger partial charge on any atom is 0.243 e. The molecule has 0 atom stereocenters. The molecule has 1 aromatic carbocycles. The fourth-order valence-electron chi connectivity index (χ4n) is 2.31. The van der Waals surface area contributed by atoms with E-state index in [1.54, 1.807) is 7.11 Å². The van der Waals surface area contributed by atoms with Crippen molar-refractivity contribution in [1.29, 1.82) is 0 Å². The number of carbonyl (C=O) groups excluding carboxylic acids is 2. The predicted molar refractivity (Wildman–Crippen MR) is 88.4 cm³/mol. The molecule has 0 unspecified atom stereocenters. The lowest BCUT2D eigenvalue weighted by Gasteiger charge is -2.26. The van der Waals surface area contributed by atoms with Gasteiger partial charge in [0.15, 0.2) is 0 Å². The molecule has 0 aliphatic carbocycles. The van der Waals surface area contributed by atoms with Gasteiger partial charge in [-0.3, -0.25) is 9.59 Å². The van der Waals surface area contributed by atoms with Crippen molar-refractivity contribution in [3.05, 3.63) is 29.8 Å². The van der Waals surface area contributed by atoms with Crippen LogP contribution in [0, 0.1) is 0 Å². The van der Waals surface area contributed by atoms with Gasteiger partial charge in [-0.2, -0.15) is 5.10 Å². The Hall–Kier alpha value is -2.37. The van der Waals surface area contributed by atoms with Crippen molar-refractivity contribution in [3.63, 3.8) is 0 Å². The van der Waals surface area contributed by atoms with Crippen LogP contribution < -0.4 is 10.1 Å². The SMILES string of the molecule is COc1ccc(C2=NN(CC(=O)NC(C)(C)C)C(=O)CC2)cc1. The minimum Gasteiger partial charge on any atom is -0.497 e. The van der Waals surface area contributed by atoms with Gasteiger partial charge in [0.25, 0.3) is 0 Å². The summed E-state index contributed by atoms with van der Waals surface area (Å²) in [5, 5.41) is 8.45. The molecule has 1 heterocycles. The van der Waals surface area contributed by atoms with Crippen LogP contribution in [-0.4, -0.2) is 41.7 Å². The molecule has 0 saturated carbocycles. The van der Waals surface area contributed by atoms with Crippen LogP contribution in [0.15, 0.2) is 29.4 Å². The van der Waals surface area contributed by atoms with Crippen LogP contribution in [0.2, 0.25) is 0 Å². The van der Waals surface area contributed by atoms with E-state index in [4.69, 9.17) is 4.74 Å². The fourth-order valence-corrected chi connectivity index (χ4v) is 2.31. The van der Waals surface area contributed by atoms with Crippen LogP contribution in [0.5, 0.6) is 5.75 Å². The summed E-state index contributed by atoms with van der Waals surface area (Å²) in [6.45, 7) is 5.63. The van der Waals surface area contributed by atoms with Crippen molar-refractivity contribution in [1.82, 2.24) is 10.3 Å². The van der Waals surface area contributed by atoms with E-state index >= 15 is 0 Å². The molecule has 1 aromatic rings. The van der Waals surface area contributed by atoms with Gasteiger partial charge < -0.3 is 10.1 Å². The minimum absolute atomic E-state index is 0.0598. The molecule has 23 heavy (non-hydrogen) atoms. The van der Waals surface area contributed by atoms with Gasteiger partial charge in [0.1, 0.15) is 12.3 Å². The fraction of sp³-hybridized carbons (Fsp3) is 0.471. The molecule has 1 aliphatic rings. The van der Waals surface area contributed by atoms with Gasteiger partial charge in [0, 0.05) is 18.4 Å². The van der Waals surface area contributed by atoms with Crippen molar-refractivity contribution in [2.75, 3.05) is 13.7 Å². The van der Waals surface area contributed by atoms with Gasteiger partial charge in [-0.1, -0.05) is 0 Å². The molecule has 0 fully saturated rings. The topological polar surface area (TPSA) is 71.0 Å². The van der Waals surface area contributed by atoms with Crippen LogP contribution >= 0.6 is 0 Å². The first kappa shape index (κ1) is 17.0. The molecule has 2 amide bonds. The molecule has 0 aromatic heterocycles. The molecule has 0 bridgehead atoms. The van der Waals surface area contributed by atoms with Crippen molar-refractivity contribution in [3.8, 4) is 5.75 Å². The molecule has 0 radical (unpaired) electrons. The zero-order chi connectivity index (χ0) is 17.0. The van der Waals surface area contributed by atoms with Gasteiger partial charge in [0.2, 0.25) is 11.8 Å². The zero-order valence-electron chi connectivity index (χ0n) is 14.0. The lowest BCUT2D eigenvalue weighted by atomic mass is 10.0. The van der Waals surface area contributed by atoms with E-state index in [0.29, 0.717) is 12.8 Å². The molecule has 0 saturated heterocycles. The van der Waals surface area contributed by atoms with Crippen LogP contribution in [0.25, 0.3) is 0 Å². The lowest BCUT2D eigenvalue weighted by molar-refractivity contribution is -0.137. The number of benzene rings is 1. The van der Waals surface area contributed by atoms with Crippen molar-refractivity contribution in [2.24, 2.45) is 5.10 Å². The number of nitrogens with zero attached hydrogens (tertiary/aromatic N) is 2. The van der Waals surface area contributed by atoms with Gasteiger partial charge in [0.05, 0.1) is 12.8 Å². The summed E-state index contributed by atoms with van der Waals surface area (Å²) in [5.41, 5.74) is 1.40. The number of nitrogens with one attached hydrogen (secondary N) is 1. The molecule has 6 heteroatoms. The Morgan fingerprint density at radius 3 is 2.48 bits per heavy atom. The highest BCUT2D eigenvalue weighted by Gasteiger charge is 2.24. The van der Waals surface area contributed by atoms with Crippen LogP contribution in [0.3, 0.4) is 0 Å². The summed E-state index contributed by atoms with van der Waals surface area (Å²) in [6, 6.07) is 7.51. The van der Waals surface area contributed by atoms with E-state index in [9.17, 15) is 9.59 Å². The number of hydrogen-bond acceptors (Lipinski definition) is 4. The predicted octanol–water partition coefficient (Wildman–Crippen LogP) is 1.94. The van der Waals surface area contributed by atoms with E-state index in [0.717, 1.165) is 17.0 Å². The smallest absolute Gasteiger partial charge is 0.243 e. The Morgan fingerprint density at radius 1 is 1.26 bits per heavy atom. The Labute approximate surface area is 136 Å². The Bertz CT molecular complexity index is 615. The molecular formula is C17H23N3O3. The maximum atomic E-state index is 12.0. The third kappa shape index (κ3) is 4.81. The Morgan fingerprint density at radius 2 is 1.91 bits per heavy atom. The molecule has 0 spiro atoms. The van der Waals surface area contributed by atoms with E-state index in [1.807, 2.05) is 45.0 Å². The second-order valence-corrected chi connectivity index (χ2v) is 6.52. The summed E-state index contributed by atoms with van der Waals surface area (Å²) < 4.78 is 5.14. The second kappa shape index (κ2) is 6.81. The largest absolute Gasteiger partial charge is 0.497 e. The van der Waals surface area contributed by atoms with Crippen LogP contribution in [0.4, 0.5) is 0 Å². The number of ether oxygens (including phenoxy) is 1. The summed E-state index contributed by atoms with van der Waals surface area (Å²) in [4.78, 5) is 24.0. The summed E-state index contributed by atoms with van der Waals surface area (Å²) in [5.74, 6) is 0.416. The van der Waals surface area contributed by atoms with Crippen LogP contribution in [0.1, 0.15) is 39.2 Å². The first-order valence-electron chi connectivity index (χ1n) is 7.62. The summed E-state index contributed by atoms with van der Waals surface area (Å²) >= 11 is 0. The monoisotopic (exact) mass is 317 g/mol. The van der Waals surface area contributed by atoms with Crippen molar-refractivity contribution >= 4 is 17.5 Å². The summed E-state index contributed by atoms with van der Waals surface area (Å²) in [6.07, 6.45) is 0.927. The average Bonchev–Trinajstić information content (AvgIpc) is 2.48. The lowest BCUT2D eigenvalue weighted by Crippen LogP contribution is -2.47. The number of methoxy groups -OCH3 is 1. The molecule has 1 aliphatic heterocycles. The highest BCUT2D eigenvalue weighted by Crippen LogP contribution is 2.18. The second-order valence-electron chi connectivity index (χ2n) is 6.52. The van der Waals surface area contributed by atoms with Gasteiger partial charge >= 0.3 is 0 Å². The van der Waals surface area contributed by atoms with Gasteiger partial charge in [-0.05, 0) is 50.6 Å². The third-order valence-electron chi connectivity index (χ3n) is 3.34. The number of hydrogen-bond donors (Lipinski definition) is 1. The Kier molecular flexibility index (Phi) is 5.03. The Balaban J connectivity index is 2.12. The maximum absolute atomic E-state index is 12.0. The number of rotatable bonds is 4. The van der Waals surface area contributed by atoms with E-state index < -0.39 is 0 Å². The van der Waals surface area contributed by atoms with Gasteiger partial charge in [-0.15, -0.1) is 0 Å². The normalized spacial score (nSPS) is 15.2. The zero-order valence-corrected chi connectivity index (χ0v) is 14.0. The molecule has 6 nitrogen and oxygen atoms in total. The van der Waals surface area contributed by atoms with E-state index in [2.05, 4.69) is 10.4 Å². The van der Waals surface area contributed by atoms with Crippen LogP contribution in [-0.2, 0) is 9.59 Å². The third-order valence-corrected chi connectivity index (χ3v) is 3.34. The minimum atomic E-state index is -0.335. The average molecular weight is 317 g/mol. The van der Waals surface area contributed by atoms with Crippen molar-refractivity contribution < 1.29 is 14.3 Å². The van der Waals surface area contributed by atoms with E-state index in [1.165, 1.54) is 5.01 Å². The standard InChI is InChI=1S/C17H23N3O3/c1-17(2,3)18-15(21)11-20-16(22)10-9-14(19-20)12-5-7-13(23-4)8-6-12/h5-8H,9-11H2,1-4H3,(H,18,21). The number of hydrazone groups is 1. The molecule has 2 rings (SSSR count). The van der Waals surface area contributed by atoms with Crippen molar-refractivity contribution in [2.45, 2.75) is 39.2 Å². The molecule has 1 N–H and O–H groups in total. The molecule has 124 valence electrons. The van der Waals surface area contributed by atoms with Gasteiger partial charge in [-0.25, -0.2) is 5.01 Å². The number of amides is 2. The molecular weight excluding hydrogens is 294 g/mol. The first-order chi connectivity index (χ1) is 10.8. The quantitative estimate of drug-likeness (QED) is 0.922. The summed E-state index contributed by atoms with van der Waals surface area (Å²) in [7, 11) is 1.61. The number of carbonyl (C=O) groups is 2.